The van der Waals surface area contributed by atoms with E-state index in [2.05, 4.69) is 27.4 Å². The Labute approximate surface area is 185 Å². The second-order valence-corrected chi connectivity index (χ2v) is 8.22. The Balaban J connectivity index is 1.69. The van der Waals surface area contributed by atoms with Crippen molar-refractivity contribution in [1.82, 2.24) is 20.4 Å². The number of carbonyl (C=O) groups is 1. The number of halogens is 1. The Morgan fingerprint density at radius 3 is 2.65 bits per heavy atom. The second kappa shape index (κ2) is 12.0. The standard InChI is InChI=1S/C23H36FN5O2/c1-3-26-23(29-9-7-18(8-10-29)15-22(30)25-2)27-17-21(28-11-13-31-14-12-28)19-5-4-6-20(24)16-19/h4-6,16,18,21H,3,7-15,17H2,1-2H3,(H,25,30)(H,26,27). The van der Waals surface area contributed by atoms with Crippen LogP contribution in [-0.2, 0) is 9.53 Å². The van der Waals surface area contributed by atoms with Gasteiger partial charge in [-0.25, -0.2) is 4.39 Å². The first-order valence-electron chi connectivity index (χ1n) is 11.4. The zero-order valence-corrected chi connectivity index (χ0v) is 18.8. The maximum atomic E-state index is 13.9. The van der Waals surface area contributed by atoms with Crippen LogP contribution in [0.2, 0.25) is 0 Å². The van der Waals surface area contributed by atoms with Crippen LogP contribution in [0.15, 0.2) is 29.3 Å². The molecule has 0 radical (unpaired) electrons. The minimum atomic E-state index is -0.218. The van der Waals surface area contributed by atoms with Gasteiger partial charge in [-0.3, -0.25) is 14.7 Å². The number of amides is 1. The molecule has 1 unspecified atom stereocenters. The molecule has 0 bridgehead atoms. The molecule has 1 aromatic carbocycles. The van der Waals surface area contributed by atoms with Crippen LogP contribution in [0.5, 0.6) is 0 Å². The fourth-order valence-electron chi connectivity index (χ4n) is 4.35. The molecule has 0 spiro atoms. The van der Waals surface area contributed by atoms with E-state index in [0.717, 1.165) is 57.1 Å². The van der Waals surface area contributed by atoms with Gasteiger partial charge in [0.1, 0.15) is 5.82 Å². The molecule has 172 valence electrons. The fourth-order valence-corrected chi connectivity index (χ4v) is 4.35. The molecular weight excluding hydrogens is 397 g/mol. The van der Waals surface area contributed by atoms with E-state index in [1.54, 1.807) is 19.2 Å². The molecule has 2 fully saturated rings. The minimum absolute atomic E-state index is 0.0130. The number of nitrogens with one attached hydrogen (secondary N) is 2. The highest BCUT2D eigenvalue weighted by Crippen LogP contribution is 2.24. The zero-order chi connectivity index (χ0) is 22.1. The number of aliphatic imine (C=N–C) groups is 1. The summed E-state index contributed by atoms with van der Waals surface area (Å²) in [6.07, 6.45) is 2.56. The highest BCUT2D eigenvalue weighted by atomic mass is 19.1. The molecule has 0 aromatic heterocycles. The molecule has 0 aliphatic carbocycles. The van der Waals surface area contributed by atoms with Gasteiger partial charge in [0.05, 0.1) is 25.8 Å². The molecule has 7 nitrogen and oxygen atoms in total. The fraction of sp³-hybridized carbons (Fsp3) is 0.652. The summed E-state index contributed by atoms with van der Waals surface area (Å²) in [6, 6.07) is 6.86. The number of likely N-dealkylation sites (tertiary alicyclic amines) is 1. The largest absolute Gasteiger partial charge is 0.379 e. The van der Waals surface area contributed by atoms with Crippen LogP contribution >= 0.6 is 0 Å². The molecule has 1 atom stereocenters. The molecular formula is C23H36FN5O2. The lowest BCUT2D eigenvalue weighted by atomic mass is 9.93. The van der Waals surface area contributed by atoms with E-state index in [1.165, 1.54) is 6.07 Å². The van der Waals surface area contributed by atoms with E-state index in [9.17, 15) is 9.18 Å². The number of ether oxygens (including phenoxy) is 1. The van der Waals surface area contributed by atoms with Crippen molar-refractivity contribution in [2.45, 2.75) is 32.2 Å². The van der Waals surface area contributed by atoms with Gasteiger partial charge in [0, 0.05) is 46.2 Å². The van der Waals surface area contributed by atoms with Crippen LogP contribution < -0.4 is 10.6 Å². The van der Waals surface area contributed by atoms with E-state index in [-0.39, 0.29) is 17.8 Å². The Morgan fingerprint density at radius 2 is 2.00 bits per heavy atom. The minimum Gasteiger partial charge on any atom is -0.379 e. The molecule has 2 saturated heterocycles. The van der Waals surface area contributed by atoms with Crippen LogP contribution in [0.1, 0.15) is 37.8 Å². The van der Waals surface area contributed by atoms with Gasteiger partial charge in [0.25, 0.3) is 0 Å². The van der Waals surface area contributed by atoms with E-state index >= 15 is 0 Å². The van der Waals surface area contributed by atoms with E-state index in [1.807, 2.05) is 6.07 Å². The molecule has 1 aromatic rings. The number of hydrogen-bond donors (Lipinski definition) is 2. The molecule has 0 saturated carbocycles. The summed E-state index contributed by atoms with van der Waals surface area (Å²) in [5.74, 6) is 1.22. The average Bonchev–Trinajstić information content (AvgIpc) is 2.80. The number of piperidine rings is 1. The van der Waals surface area contributed by atoms with Crippen LogP contribution in [-0.4, -0.2) is 81.2 Å². The van der Waals surface area contributed by atoms with Crippen molar-refractivity contribution in [3.05, 3.63) is 35.6 Å². The number of nitrogens with zero attached hydrogens (tertiary/aromatic N) is 3. The van der Waals surface area contributed by atoms with E-state index in [4.69, 9.17) is 9.73 Å². The van der Waals surface area contributed by atoms with Crippen molar-refractivity contribution < 1.29 is 13.9 Å². The molecule has 2 heterocycles. The van der Waals surface area contributed by atoms with Gasteiger partial charge in [-0.15, -0.1) is 0 Å². The molecule has 2 aliphatic rings. The topological polar surface area (TPSA) is 69.2 Å². The van der Waals surface area contributed by atoms with Crippen molar-refractivity contribution in [1.29, 1.82) is 0 Å². The van der Waals surface area contributed by atoms with Crippen LogP contribution in [0, 0.1) is 11.7 Å². The lowest BCUT2D eigenvalue weighted by Crippen LogP contribution is -2.46. The summed E-state index contributed by atoms with van der Waals surface area (Å²) in [7, 11) is 1.69. The van der Waals surface area contributed by atoms with Gasteiger partial charge in [0.2, 0.25) is 5.91 Å². The Bertz CT molecular complexity index is 730. The molecule has 3 rings (SSSR count). The third kappa shape index (κ3) is 6.90. The SMILES string of the molecule is CCNC(=NCC(c1cccc(F)c1)N1CCOCC1)N1CCC(CC(=O)NC)CC1. The number of carbonyl (C=O) groups excluding carboxylic acids is 1. The monoisotopic (exact) mass is 433 g/mol. The van der Waals surface area contributed by atoms with Gasteiger partial charge >= 0.3 is 0 Å². The lowest BCUT2D eigenvalue weighted by Gasteiger charge is -2.36. The summed E-state index contributed by atoms with van der Waals surface area (Å²) < 4.78 is 19.4. The van der Waals surface area contributed by atoms with Gasteiger partial charge in [-0.2, -0.15) is 0 Å². The van der Waals surface area contributed by atoms with Crippen molar-refractivity contribution >= 4 is 11.9 Å². The van der Waals surface area contributed by atoms with Crippen molar-refractivity contribution in [2.75, 3.05) is 59.5 Å². The van der Waals surface area contributed by atoms with Crippen LogP contribution in [0.3, 0.4) is 0 Å². The zero-order valence-electron chi connectivity index (χ0n) is 18.8. The number of guanidine groups is 1. The summed E-state index contributed by atoms with van der Waals surface area (Å²) in [5, 5.41) is 6.14. The normalized spacial score (nSPS) is 19.8. The highest BCUT2D eigenvalue weighted by molar-refractivity contribution is 5.80. The van der Waals surface area contributed by atoms with Crippen LogP contribution in [0.25, 0.3) is 0 Å². The summed E-state index contributed by atoms with van der Waals surface area (Å²) >= 11 is 0. The van der Waals surface area contributed by atoms with Crippen molar-refractivity contribution in [3.8, 4) is 0 Å². The first-order chi connectivity index (χ1) is 15.1. The maximum absolute atomic E-state index is 13.9. The van der Waals surface area contributed by atoms with E-state index in [0.29, 0.717) is 32.1 Å². The molecule has 1 amide bonds. The number of rotatable bonds is 7. The Morgan fingerprint density at radius 1 is 1.26 bits per heavy atom. The lowest BCUT2D eigenvalue weighted by molar-refractivity contribution is -0.121. The first kappa shape index (κ1) is 23.5. The predicted molar refractivity (Wildman–Crippen MR) is 120 cm³/mol. The summed E-state index contributed by atoms with van der Waals surface area (Å²) in [4.78, 5) is 21.3. The third-order valence-corrected chi connectivity index (χ3v) is 6.14. The Hall–Kier alpha value is -2.19. The first-order valence-corrected chi connectivity index (χ1v) is 11.4. The second-order valence-electron chi connectivity index (χ2n) is 8.22. The summed E-state index contributed by atoms with van der Waals surface area (Å²) in [6.45, 7) is 8.20. The molecule has 2 aliphatic heterocycles. The van der Waals surface area contributed by atoms with Crippen molar-refractivity contribution in [2.24, 2.45) is 10.9 Å². The number of hydrogen-bond acceptors (Lipinski definition) is 4. The quantitative estimate of drug-likeness (QED) is 0.509. The average molecular weight is 434 g/mol. The number of benzene rings is 1. The molecule has 8 heteroatoms. The van der Waals surface area contributed by atoms with Gasteiger partial charge < -0.3 is 20.3 Å². The van der Waals surface area contributed by atoms with E-state index < -0.39 is 0 Å². The number of morpholine rings is 1. The Kier molecular flexibility index (Phi) is 9.09. The van der Waals surface area contributed by atoms with Gasteiger partial charge in [0.15, 0.2) is 5.96 Å². The maximum Gasteiger partial charge on any atom is 0.220 e. The predicted octanol–water partition coefficient (Wildman–Crippen LogP) is 2.01. The molecule has 31 heavy (non-hydrogen) atoms. The highest BCUT2D eigenvalue weighted by Gasteiger charge is 2.25. The smallest absolute Gasteiger partial charge is 0.220 e. The van der Waals surface area contributed by atoms with Gasteiger partial charge in [-0.05, 0) is 43.4 Å². The molecule has 2 N–H and O–H groups in total. The van der Waals surface area contributed by atoms with Crippen molar-refractivity contribution in [3.63, 3.8) is 0 Å². The third-order valence-electron chi connectivity index (χ3n) is 6.14. The van der Waals surface area contributed by atoms with Crippen LogP contribution in [0.4, 0.5) is 4.39 Å². The van der Waals surface area contributed by atoms with Gasteiger partial charge in [-0.1, -0.05) is 12.1 Å². The summed E-state index contributed by atoms with van der Waals surface area (Å²) in [5.41, 5.74) is 0.950.